The van der Waals surface area contributed by atoms with Crippen molar-refractivity contribution in [2.45, 2.75) is 41.2 Å². The summed E-state index contributed by atoms with van der Waals surface area (Å²) in [5.74, 6) is 0.888. The molecule has 0 radical (unpaired) electrons. The number of aryl methyl sites for hydroxylation is 1. The van der Waals surface area contributed by atoms with Crippen LogP contribution >= 0.6 is 0 Å². The first kappa shape index (κ1) is 14.0. The highest BCUT2D eigenvalue weighted by atomic mass is 16.3. The van der Waals surface area contributed by atoms with E-state index in [1.165, 1.54) is 0 Å². The smallest absolute Gasteiger partial charge is 0.138 e. The fraction of sp³-hybridized carbons (Fsp3) is 0.643. The van der Waals surface area contributed by atoms with Crippen LogP contribution in [-0.2, 0) is 6.54 Å². The topological polar surface area (TPSA) is 45.1 Å². The fourth-order valence-corrected chi connectivity index (χ4v) is 1.44. The highest BCUT2D eigenvalue weighted by Crippen LogP contribution is 2.25. The van der Waals surface area contributed by atoms with E-state index in [0.717, 1.165) is 17.9 Å². The first-order valence-electron chi connectivity index (χ1n) is 6.19. The van der Waals surface area contributed by atoms with Gasteiger partial charge in [-0.3, -0.25) is 4.98 Å². The van der Waals surface area contributed by atoms with E-state index in [1.807, 2.05) is 13.0 Å². The average molecular weight is 236 g/mol. The maximum Gasteiger partial charge on any atom is 0.138 e. The molecular formula is C14H24N2O. The van der Waals surface area contributed by atoms with Crippen molar-refractivity contribution in [3.05, 3.63) is 23.5 Å². The molecule has 0 aliphatic carbocycles. The van der Waals surface area contributed by atoms with Gasteiger partial charge in [-0.25, -0.2) is 0 Å². The second-order valence-corrected chi connectivity index (χ2v) is 5.67. The monoisotopic (exact) mass is 236 g/mol. The summed E-state index contributed by atoms with van der Waals surface area (Å²) in [6, 6.07) is 3.52. The molecule has 0 aliphatic heterocycles. The van der Waals surface area contributed by atoms with E-state index in [1.54, 1.807) is 6.07 Å². The zero-order valence-corrected chi connectivity index (χ0v) is 11.5. The van der Waals surface area contributed by atoms with E-state index in [4.69, 9.17) is 0 Å². The van der Waals surface area contributed by atoms with Crippen molar-refractivity contribution in [2.24, 2.45) is 11.3 Å². The second-order valence-electron chi connectivity index (χ2n) is 5.67. The Morgan fingerprint density at radius 2 is 2.00 bits per heavy atom. The zero-order chi connectivity index (χ0) is 13.1. The van der Waals surface area contributed by atoms with Crippen LogP contribution in [0.3, 0.4) is 0 Å². The first-order valence-corrected chi connectivity index (χ1v) is 6.19. The first-order chi connectivity index (χ1) is 7.83. The van der Waals surface area contributed by atoms with Gasteiger partial charge in [-0.2, -0.15) is 0 Å². The Kier molecular flexibility index (Phi) is 4.52. The van der Waals surface area contributed by atoms with Crippen LogP contribution < -0.4 is 5.32 Å². The van der Waals surface area contributed by atoms with Crippen LogP contribution in [-0.4, -0.2) is 16.6 Å². The maximum absolute atomic E-state index is 9.67. The molecule has 3 nitrogen and oxygen atoms in total. The number of aromatic hydroxyl groups is 1. The van der Waals surface area contributed by atoms with E-state index in [0.29, 0.717) is 12.5 Å². The molecular weight excluding hydrogens is 212 g/mol. The van der Waals surface area contributed by atoms with Gasteiger partial charge in [0.15, 0.2) is 0 Å². The summed E-state index contributed by atoms with van der Waals surface area (Å²) in [5, 5.41) is 13.0. The van der Waals surface area contributed by atoms with Crippen LogP contribution in [0.25, 0.3) is 0 Å². The van der Waals surface area contributed by atoms with Crippen molar-refractivity contribution in [1.82, 2.24) is 10.3 Å². The van der Waals surface area contributed by atoms with Crippen LogP contribution in [0.4, 0.5) is 0 Å². The third-order valence-electron chi connectivity index (χ3n) is 3.53. The molecule has 0 spiro atoms. The summed E-state index contributed by atoms with van der Waals surface area (Å²) in [5.41, 5.74) is 1.91. The SMILES string of the molecule is Cc1ccc(O)c(CNCC(C)(C)C(C)C)n1. The number of aromatic nitrogens is 1. The standard InChI is InChI=1S/C14H24N2O/c1-10(2)14(4,5)9-15-8-12-13(17)7-6-11(3)16-12/h6-7,10,15,17H,8-9H2,1-5H3. The molecule has 96 valence electrons. The molecule has 0 atom stereocenters. The number of hydrogen-bond donors (Lipinski definition) is 2. The molecule has 0 fully saturated rings. The Labute approximate surface area is 104 Å². The van der Waals surface area contributed by atoms with Gasteiger partial charge < -0.3 is 10.4 Å². The van der Waals surface area contributed by atoms with Crippen LogP contribution in [0.5, 0.6) is 5.75 Å². The molecule has 2 N–H and O–H groups in total. The lowest BCUT2D eigenvalue weighted by Gasteiger charge is -2.29. The summed E-state index contributed by atoms with van der Waals surface area (Å²) in [6.07, 6.45) is 0. The van der Waals surface area contributed by atoms with Crippen molar-refractivity contribution in [2.75, 3.05) is 6.54 Å². The predicted molar refractivity (Wildman–Crippen MR) is 71.0 cm³/mol. The Morgan fingerprint density at radius 1 is 1.35 bits per heavy atom. The van der Waals surface area contributed by atoms with E-state index in [2.05, 4.69) is 38.0 Å². The van der Waals surface area contributed by atoms with Crippen molar-refractivity contribution in [3.8, 4) is 5.75 Å². The van der Waals surface area contributed by atoms with Crippen molar-refractivity contribution in [3.63, 3.8) is 0 Å². The molecule has 1 aromatic rings. The molecule has 1 rings (SSSR count). The fourth-order valence-electron chi connectivity index (χ4n) is 1.44. The number of nitrogens with one attached hydrogen (secondary N) is 1. The number of nitrogens with zero attached hydrogens (tertiary/aromatic N) is 1. The molecule has 17 heavy (non-hydrogen) atoms. The van der Waals surface area contributed by atoms with Crippen molar-refractivity contribution in [1.29, 1.82) is 0 Å². The molecule has 3 heteroatoms. The minimum absolute atomic E-state index is 0.249. The van der Waals surface area contributed by atoms with Gasteiger partial charge in [0, 0.05) is 18.8 Å². The molecule has 0 saturated heterocycles. The molecule has 0 unspecified atom stereocenters. The molecule has 0 aliphatic rings. The predicted octanol–water partition coefficient (Wildman–Crippen LogP) is 2.87. The molecule has 0 bridgehead atoms. The lowest BCUT2D eigenvalue weighted by atomic mass is 9.81. The van der Waals surface area contributed by atoms with Crippen LogP contribution in [0.1, 0.15) is 39.1 Å². The molecule has 1 aromatic heterocycles. The normalized spacial score (nSPS) is 12.1. The maximum atomic E-state index is 9.67. The zero-order valence-electron chi connectivity index (χ0n) is 11.5. The molecule has 0 amide bonds. The lowest BCUT2D eigenvalue weighted by Crippen LogP contribution is -2.33. The van der Waals surface area contributed by atoms with E-state index in [-0.39, 0.29) is 11.2 Å². The van der Waals surface area contributed by atoms with Crippen LogP contribution in [0.15, 0.2) is 12.1 Å². The Balaban J connectivity index is 2.54. The van der Waals surface area contributed by atoms with Gasteiger partial charge in [0.25, 0.3) is 0 Å². The van der Waals surface area contributed by atoms with Gasteiger partial charge in [-0.15, -0.1) is 0 Å². The third-order valence-corrected chi connectivity index (χ3v) is 3.53. The van der Waals surface area contributed by atoms with Crippen LogP contribution in [0.2, 0.25) is 0 Å². The van der Waals surface area contributed by atoms with Gasteiger partial charge in [0.1, 0.15) is 5.75 Å². The van der Waals surface area contributed by atoms with Gasteiger partial charge in [0.2, 0.25) is 0 Å². The Morgan fingerprint density at radius 3 is 2.59 bits per heavy atom. The average Bonchev–Trinajstić information content (AvgIpc) is 2.22. The highest BCUT2D eigenvalue weighted by Gasteiger charge is 2.21. The summed E-state index contributed by atoms with van der Waals surface area (Å²) in [7, 11) is 0. The van der Waals surface area contributed by atoms with Gasteiger partial charge in [-0.05, 0) is 30.4 Å². The van der Waals surface area contributed by atoms with E-state index < -0.39 is 0 Å². The summed E-state index contributed by atoms with van der Waals surface area (Å²) >= 11 is 0. The Hall–Kier alpha value is -1.09. The highest BCUT2D eigenvalue weighted by molar-refractivity contribution is 5.27. The minimum atomic E-state index is 0.249. The molecule has 1 heterocycles. The summed E-state index contributed by atoms with van der Waals surface area (Å²) in [6.45, 7) is 12.4. The van der Waals surface area contributed by atoms with E-state index in [9.17, 15) is 5.11 Å². The van der Waals surface area contributed by atoms with Crippen molar-refractivity contribution < 1.29 is 5.11 Å². The number of rotatable bonds is 5. The number of pyridine rings is 1. The summed E-state index contributed by atoms with van der Waals surface area (Å²) in [4.78, 5) is 4.32. The van der Waals surface area contributed by atoms with Crippen LogP contribution in [0, 0.1) is 18.3 Å². The largest absolute Gasteiger partial charge is 0.506 e. The quantitative estimate of drug-likeness (QED) is 0.826. The number of hydrogen-bond acceptors (Lipinski definition) is 3. The molecule has 0 aromatic carbocycles. The lowest BCUT2D eigenvalue weighted by molar-refractivity contribution is 0.237. The second kappa shape index (κ2) is 5.50. The Bertz CT molecular complexity index is 372. The minimum Gasteiger partial charge on any atom is -0.506 e. The van der Waals surface area contributed by atoms with E-state index >= 15 is 0 Å². The van der Waals surface area contributed by atoms with Gasteiger partial charge >= 0.3 is 0 Å². The van der Waals surface area contributed by atoms with Gasteiger partial charge in [0.05, 0.1) is 5.69 Å². The van der Waals surface area contributed by atoms with Crippen molar-refractivity contribution >= 4 is 0 Å². The van der Waals surface area contributed by atoms with Gasteiger partial charge in [-0.1, -0.05) is 27.7 Å². The third kappa shape index (κ3) is 4.00. The summed E-state index contributed by atoms with van der Waals surface area (Å²) < 4.78 is 0. The molecule has 0 saturated carbocycles.